The molecule has 4 nitrogen and oxygen atoms in total. The zero-order valence-corrected chi connectivity index (χ0v) is 11.1. The number of pyridine rings is 1. The summed E-state index contributed by atoms with van der Waals surface area (Å²) in [5, 5.41) is 11.4. The summed E-state index contributed by atoms with van der Waals surface area (Å²) in [7, 11) is 0. The van der Waals surface area contributed by atoms with Crippen LogP contribution in [0, 0.1) is 17.1 Å². The Labute approximate surface area is 117 Å². The molecular weight excluding hydrogens is 313 g/mol. The molecule has 94 valence electrons. The van der Waals surface area contributed by atoms with Crippen LogP contribution < -0.4 is 5.32 Å². The Balaban J connectivity index is 2.24. The van der Waals surface area contributed by atoms with Crippen LogP contribution in [0.1, 0.15) is 16.1 Å². The highest BCUT2D eigenvalue weighted by Crippen LogP contribution is 2.17. The van der Waals surface area contributed by atoms with Crippen LogP contribution >= 0.6 is 15.9 Å². The number of nitrogens with zero attached hydrogens (tertiary/aromatic N) is 2. The molecule has 0 aliphatic heterocycles. The second kappa shape index (κ2) is 5.59. The molecule has 0 spiro atoms. The monoisotopic (exact) mass is 319 g/mol. The molecule has 2 rings (SSSR count). The van der Waals surface area contributed by atoms with Gasteiger partial charge in [-0.25, -0.2) is 9.37 Å². The van der Waals surface area contributed by atoms with Crippen LogP contribution in [0.25, 0.3) is 0 Å². The average Bonchev–Trinajstić information content (AvgIpc) is 2.41. The molecule has 0 bridgehead atoms. The van der Waals surface area contributed by atoms with Crippen LogP contribution in [-0.4, -0.2) is 10.9 Å². The van der Waals surface area contributed by atoms with Crippen molar-refractivity contribution in [2.45, 2.75) is 0 Å². The van der Waals surface area contributed by atoms with E-state index in [0.717, 1.165) is 10.5 Å². The quantitative estimate of drug-likeness (QED) is 0.924. The molecule has 2 aromatic rings. The van der Waals surface area contributed by atoms with Crippen molar-refractivity contribution >= 4 is 27.5 Å². The van der Waals surface area contributed by atoms with Crippen LogP contribution in [0.3, 0.4) is 0 Å². The van der Waals surface area contributed by atoms with E-state index < -0.39 is 11.7 Å². The maximum atomic E-state index is 13.0. The molecule has 19 heavy (non-hydrogen) atoms. The summed E-state index contributed by atoms with van der Waals surface area (Å²) in [5.41, 5.74) is 0.514. The Morgan fingerprint density at radius 1 is 1.37 bits per heavy atom. The van der Waals surface area contributed by atoms with Crippen LogP contribution in [0.4, 0.5) is 10.1 Å². The third-order valence-electron chi connectivity index (χ3n) is 2.31. The highest BCUT2D eigenvalue weighted by molar-refractivity contribution is 9.10. The van der Waals surface area contributed by atoms with Gasteiger partial charge >= 0.3 is 0 Å². The number of anilines is 1. The molecule has 0 radical (unpaired) electrons. The van der Waals surface area contributed by atoms with Crippen molar-refractivity contribution in [2.24, 2.45) is 0 Å². The Kier molecular flexibility index (Phi) is 3.88. The minimum absolute atomic E-state index is 0.0606. The van der Waals surface area contributed by atoms with Gasteiger partial charge in [0.05, 0.1) is 11.3 Å². The molecule has 1 heterocycles. The van der Waals surface area contributed by atoms with Crippen LogP contribution in [0.2, 0.25) is 0 Å². The number of aromatic nitrogens is 1. The second-order valence-corrected chi connectivity index (χ2v) is 4.53. The molecule has 0 aliphatic rings. The van der Waals surface area contributed by atoms with Gasteiger partial charge in [0, 0.05) is 10.7 Å². The second-order valence-electron chi connectivity index (χ2n) is 3.62. The molecule has 0 fully saturated rings. The zero-order valence-electron chi connectivity index (χ0n) is 9.52. The highest BCUT2D eigenvalue weighted by Gasteiger charge is 2.10. The van der Waals surface area contributed by atoms with Crippen molar-refractivity contribution < 1.29 is 9.18 Å². The minimum Gasteiger partial charge on any atom is -0.319 e. The molecule has 1 amide bonds. The number of amides is 1. The summed E-state index contributed by atoms with van der Waals surface area (Å²) < 4.78 is 13.7. The van der Waals surface area contributed by atoms with E-state index in [0.29, 0.717) is 0 Å². The lowest BCUT2D eigenvalue weighted by atomic mass is 10.2. The van der Waals surface area contributed by atoms with Gasteiger partial charge < -0.3 is 5.32 Å². The molecule has 6 heteroatoms. The first-order valence-corrected chi connectivity index (χ1v) is 6.02. The number of carbonyl (C=O) groups excluding carboxylic acids is 1. The van der Waals surface area contributed by atoms with Crippen molar-refractivity contribution in [1.82, 2.24) is 4.98 Å². The van der Waals surface area contributed by atoms with Gasteiger partial charge in [-0.3, -0.25) is 4.79 Å². The highest BCUT2D eigenvalue weighted by atomic mass is 79.9. The SMILES string of the molecule is N#Cc1cc(F)ccc1NC(=O)c1ccc(Br)cn1. The number of rotatable bonds is 2. The molecular formula is C13H7BrFN3O. The fourth-order valence-electron chi connectivity index (χ4n) is 1.41. The number of hydrogen-bond donors (Lipinski definition) is 1. The van der Waals surface area contributed by atoms with E-state index in [1.807, 2.05) is 6.07 Å². The Hall–Kier alpha value is -2.26. The number of halogens is 2. The number of carbonyl (C=O) groups is 1. The molecule has 0 saturated heterocycles. The lowest BCUT2D eigenvalue weighted by Crippen LogP contribution is -2.14. The standard InChI is InChI=1S/C13H7BrFN3O/c14-9-1-3-12(17-7-9)13(19)18-11-4-2-10(15)5-8(11)6-16/h1-5,7H,(H,18,19). The van der Waals surface area contributed by atoms with Gasteiger partial charge in [-0.15, -0.1) is 0 Å². The topological polar surface area (TPSA) is 65.8 Å². The number of nitriles is 1. The third kappa shape index (κ3) is 3.14. The van der Waals surface area contributed by atoms with E-state index in [-0.39, 0.29) is 16.9 Å². The summed E-state index contributed by atoms with van der Waals surface area (Å²) in [6.07, 6.45) is 1.49. The van der Waals surface area contributed by atoms with Crippen molar-refractivity contribution in [3.05, 3.63) is 58.1 Å². The van der Waals surface area contributed by atoms with E-state index in [2.05, 4.69) is 26.2 Å². The van der Waals surface area contributed by atoms with E-state index >= 15 is 0 Å². The van der Waals surface area contributed by atoms with Gasteiger partial charge in [0.2, 0.25) is 0 Å². The first-order valence-electron chi connectivity index (χ1n) is 5.22. The molecule has 0 saturated carbocycles. The summed E-state index contributed by atoms with van der Waals surface area (Å²) >= 11 is 3.21. The van der Waals surface area contributed by atoms with Gasteiger partial charge in [-0.2, -0.15) is 5.26 Å². The molecule has 0 atom stereocenters. The van der Waals surface area contributed by atoms with Gasteiger partial charge in [0.15, 0.2) is 0 Å². The Morgan fingerprint density at radius 3 is 2.79 bits per heavy atom. The molecule has 0 unspecified atom stereocenters. The summed E-state index contributed by atoms with van der Waals surface area (Å²) in [6, 6.07) is 8.60. The van der Waals surface area contributed by atoms with Crippen LogP contribution in [-0.2, 0) is 0 Å². The first kappa shape index (κ1) is 13.2. The number of benzene rings is 1. The third-order valence-corrected chi connectivity index (χ3v) is 2.78. The van der Waals surface area contributed by atoms with Gasteiger partial charge in [0.25, 0.3) is 5.91 Å². The summed E-state index contributed by atoms with van der Waals surface area (Å²) in [6.45, 7) is 0. The molecule has 0 aliphatic carbocycles. The van der Waals surface area contributed by atoms with E-state index in [1.165, 1.54) is 24.4 Å². The fourth-order valence-corrected chi connectivity index (χ4v) is 1.65. The van der Waals surface area contributed by atoms with Gasteiger partial charge in [-0.1, -0.05) is 0 Å². The predicted octanol–water partition coefficient (Wildman–Crippen LogP) is 3.11. The zero-order chi connectivity index (χ0) is 13.8. The minimum atomic E-state index is -0.531. The summed E-state index contributed by atoms with van der Waals surface area (Å²) in [4.78, 5) is 15.8. The lowest BCUT2D eigenvalue weighted by Gasteiger charge is -2.06. The van der Waals surface area contributed by atoms with Crippen molar-refractivity contribution in [2.75, 3.05) is 5.32 Å². The van der Waals surface area contributed by atoms with Crippen molar-refractivity contribution in [3.63, 3.8) is 0 Å². The largest absolute Gasteiger partial charge is 0.319 e. The van der Waals surface area contributed by atoms with Crippen molar-refractivity contribution in [3.8, 4) is 6.07 Å². The van der Waals surface area contributed by atoms with E-state index in [4.69, 9.17) is 5.26 Å². The molecule has 1 aromatic carbocycles. The normalized spacial score (nSPS) is 9.74. The van der Waals surface area contributed by atoms with E-state index in [1.54, 1.807) is 6.07 Å². The maximum Gasteiger partial charge on any atom is 0.274 e. The van der Waals surface area contributed by atoms with Gasteiger partial charge in [-0.05, 0) is 46.3 Å². The maximum absolute atomic E-state index is 13.0. The average molecular weight is 320 g/mol. The summed E-state index contributed by atoms with van der Waals surface area (Å²) in [5.74, 6) is -0.994. The lowest BCUT2D eigenvalue weighted by molar-refractivity contribution is 0.102. The Bertz CT molecular complexity index is 665. The fraction of sp³-hybridized carbons (Fsp3) is 0. The van der Waals surface area contributed by atoms with Crippen LogP contribution in [0.5, 0.6) is 0 Å². The smallest absolute Gasteiger partial charge is 0.274 e. The number of nitrogens with one attached hydrogen (secondary N) is 1. The molecule has 1 N–H and O–H groups in total. The van der Waals surface area contributed by atoms with E-state index in [9.17, 15) is 9.18 Å². The van der Waals surface area contributed by atoms with Gasteiger partial charge in [0.1, 0.15) is 17.6 Å². The molecule has 1 aromatic heterocycles. The number of hydrogen-bond acceptors (Lipinski definition) is 3. The predicted molar refractivity (Wildman–Crippen MR) is 71.0 cm³/mol. The van der Waals surface area contributed by atoms with Crippen LogP contribution in [0.15, 0.2) is 41.0 Å². The first-order chi connectivity index (χ1) is 9.10. The van der Waals surface area contributed by atoms with Crippen molar-refractivity contribution in [1.29, 1.82) is 5.26 Å². The Morgan fingerprint density at radius 2 is 2.16 bits per heavy atom.